The van der Waals surface area contributed by atoms with Crippen LogP contribution in [0.2, 0.25) is 0 Å². The van der Waals surface area contributed by atoms with Gasteiger partial charge in [0.15, 0.2) is 0 Å². The Morgan fingerprint density at radius 3 is 3.10 bits per heavy atom. The van der Waals surface area contributed by atoms with E-state index in [4.69, 9.17) is 4.42 Å². The highest BCUT2D eigenvalue weighted by atomic mass is 16.4. The first-order valence-corrected chi connectivity index (χ1v) is 7.84. The molecule has 2 rings (SSSR count). The summed E-state index contributed by atoms with van der Waals surface area (Å²) >= 11 is 0. The lowest BCUT2D eigenvalue weighted by molar-refractivity contribution is 0.268. The van der Waals surface area contributed by atoms with Crippen molar-refractivity contribution in [1.29, 1.82) is 0 Å². The first kappa shape index (κ1) is 15.3. The molecule has 2 heterocycles. The lowest BCUT2D eigenvalue weighted by atomic mass is 10.2. The number of nitrogens with one attached hydrogen (secondary N) is 1. The van der Waals surface area contributed by atoms with E-state index in [-0.39, 0.29) is 0 Å². The van der Waals surface area contributed by atoms with Crippen LogP contribution in [0.3, 0.4) is 0 Å². The highest BCUT2D eigenvalue weighted by Crippen LogP contribution is 2.20. The van der Waals surface area contributed by atoms with Gasteiger partial charge in [-0.3, -0.25) is 4.90 Å². The molecule has 1 fully saturated rings. The normalized spacial score (nSPS) is 19.6. The van der Waals surface area contributed by atoms with Crippen molar-refractivity contribution in [2.45, 2.75) is 45.7 Å². The molecule has 1 N–H and O–H groups in total. The highest BCUT2D eigenvalue weighted by molar-refractivity contribution is 5.26. The van der Waals surface area contributed by atoms with Crippen molar-refractivity contribution in [2.24, 2.45) is 0 Å². The van der Waals surface area contributed by atoms with Gasteiger partial charge in [0, 0.05) is 26.2 Å². The van der Waals surface area contributed by atoms with Crippen LogP contribution in [0.5, 0.6) is 0 Å². The number of anilines is 1. The average molecular weight is 280 g/mol. The minimum absolute atomic E-state index is 0.638. The topological polar surface area (TPSA) is 44.5 Å². The van der Waals surface area contributed by atoms with Crippen LogP contribution >= 0.6 is 0 Å². The van der Waals surface area contributed by atoms with Gasteiger partial charge in [-0.1, -0.05) is 13.8 Å². The van der Waals surface area contributed by atoms with Gasteiger partial charge in [0.2, 0.25) is 0 Å². The van der Waals surface area contributed by atoms with Crippen molar-refractivity contribution in [1.82, 2.24) is 15.2 Å². The summed E-state index contributed by atoms with van der Waals surface area (Å²) < 4.78 is 5.59. The van der Waals surface area contributed by atoms with Crippen LogP contribution in [-0.4, -0.2) is 49.2 Å². The second-order valence-corrected chi connectivity index (χ2v) is 5.60. The van der Waals surface area contributed by atoms with Gasteiger partial charge >= 0.3 is 0 Å². The second-order valence-electron chi connectivity index (χ2n) is 5.60. The van der Waals surface area contributed by atoms with Crippen molar-refractivity contribution >= 4 is 6.01 Å². The van der Waals surface area contributed by atoms with Gasteiger partial charge in [-0.2, -0.15) is 4.98 Å². The molecule has 0 bridgehead atoms. The molecule has 1 aliphatic heterocycles. The van der Waals surface area contributed by atoms with E-state index < -0.39 is 0 Å². The van der Waals surface area contributed by atoms with Gasteiger partial charge in [0.1, 0.15) is 6.26 Å². The molecule has 5 heteroatoms. The zero-order valence-electron chi connectivity index (χ0n) is 13.1. The minimum atomic E-state index is 0.638. The lowest BCUT2D eigenvalue weighted by Gasteiger charge is -2.26. The Morgan fingerprint density at radius 2 is 2.35 bits per heavy atom. The molecule has 1 aromatic heterocycles. The molecule has 0 spiro atoms. The number of hydrogen-bond donors (Lipinski definition) is 1. The molecule has 0 aliphatic carbocycles. The molecule has 1 saturated heterocycles. The number of rotatable bonds is 8. The summed E-state index contributed by atoms with van der Waals surface area (Å²) in [4.78, 5) is 9.24. The van der Waals surface area contributed by atoms with E-state index in [1.165, 1.54) is 19.4 Å². The van der Waals surface area contributed by atoms with E-state index in [0.29, 0.717) is 6.04 Å². The molecule has 1 atom stereocenters. The molecule has 0 amide bonds. The number of oxazole rings is 1. The van der Waals surface area contributed by atoms with Crippen LogP contribution < -0.4 is 10.2 Å². The Balaban J connectivity index is 1.84. The molecular weight excluding hydrogens is 252 g/mol. The third-order valence-corrected chi connectivity index (χ3v) is 3.99. The Labute approximate surface area is 122 Å². The van der Waals surface area contributed by atoms with Crippen LogP contribution in [-0.2, 0) is 6.54 Å². The Hall–Kier alpha value is -1.07. The van der Waals surface area contributed by atoms with Crippen LogP contribution in [0.1, 0.15) is 38.8 Å². The van der Waals surface area contributed by atoms with Crippen LogP contribution in [0.4, 0.5) is 6.01 Å². The lowest BCUT2D eigenvalue weighted by Crippen LogP contribution is -2.38. The molecule has 0 saturated carbocycles. The second kappa shape index (κ2) is 7.64. The van der Waals surface area contributed by atoms with Crippen molar-refractivity contribution in [3.05, 3.63) is 12.0 Å². The zero-order valence-corrected chi connectivity index (χ0v) is 13.1. The summed E-state index contributed by atoms with van der Waals surface area (Å²) in [5.41, 5.74) is 0.985. The molecule has 20 heavy (non-hydrogen) atoms. The molecule has 114 valence electrons. The number of hydrogen-bond acceptors (Lipinski definition) is 5. The highest BCUT2D eigenvalue weighted by Gasteiger charge is 2.25. The van der Waals surface area contributed by atoms with Gasteiger partial charge in [-0.05, 0) is 38.9 Å². The smallest absolute Gasteiger partial charge is 0.297 e. The van der Waals surface area contributed by atoms with Crippen LogP contribution in [0, 0.1) is 0 Å². The fourth-order valence-electron chi connectivity index (χ4n) is 2.86. The van der Waals surface area contributed by atoms with E-state index in [1.807, 2.05) is 0 Å². The molecule has 0 radical (unpaired) electrons. The maximum atomic E-state index is 5.59. The number of likely N-dealkylation sites (N-methyl/N-ethyl adjacent to an activating group) is 2. The first-order chi connectivity index (χ1) is 9.74. The van der Waals surface area contributed by atoms with E-state index >= 15 is 0 Å². The zero-order chi connectivity index (χ0) is 14.4. The average Bonchev–Trinajstić information content (AvgIpc) is 3.08. The quantitative estimate of drug-likeness (QED) is 0.739. The van der Waals surface area contributed by atoms with Gasteiger partial charge < -0.3 is 14.6 Å². The molecule has 1 unspecified atom stereocenters. The van der Waals surface area contributed by atoms with E-state index in [0.717, 1.165) is 44.3 Å². The minimum Gasteiger partial charge on any atom is -0.432 e. The maximum Gasteiger partial charge on any atom is 0.297 e. The summed E-state index contributed by atoms with van der Waals surface area (Å²) in [7, 11) is 2.07. The largest absolute Gasteiger partial charge is 0.432 e. The molecular formula is C15H28N4O. The van der Waals surface area contributed by atoms with Gasteiger partial charge in [-0.15, -0.1) is 0 Å². The van der Waals surface area contributed by atoms with Crippen molar-refractivity contribution in [3.8, 4) is 0 Å². The first-order valence-electron chi connectivity index (χ1n) is 7.84. The summed E-state index contributed by atoms with van der Waals surface area (Å²) in [6, 6.07) is 1.37. The SMILES string of the molecule is CCCNCc1coc(N(C)CC2CCCN2CC)n1. The van der Waals surface area contributed by atoms with E-state index in [9.17, 15) is 0 Å². The van der Waals surface area contributed by atoms with Gasteiger partial charge in [-0.25, -0.2) is 0 Å². The molecule has 5 nitrogen and oxygen atoms in total. The Kier molecular flexibility index (Phi) is 5.86. The fourth-order valence-corrected chi connectivity index (χ4v) is 2.86. The summed E-state index contributed by atoms with van der Waals surface area (Å²) in [6.45, 7) is 9.57. The summed E-state index contributed by atoms with van der Waals surface area (Å²) in [5.74, 6) is 0. The predicted octanol–water partition coefficient (Wildman–Crippen LogP) is 2.09. The fraction of sp³-hybridized carbons (Fsp3) is 0.800. The van der Waals surface area contributed by atoms with E-state index in [1.54, 1.807) is 6.26 Å². The third-order valence-electron chi connectivity index (χ3n) is 3.99. The standard InChI is InChI=1S/C15H28N4O/c1-4-8-16-10-13-12-20-15(17-13)18(3)11-14-7-6-9-19(14)5-2/h12,14,16H,4-11H2,1-3H3. The number of likely N-dealkylation sites (tertiary alicyclic amines) is 1. The van der Waals surface area contributed by atoms with E-state index in [2.05, 4.69) is 41.0 Å². The van der Waals surface area contributed by atoms with Crippen molar-refractivity contribution in [2.75, 3.05) is 38.1 Å². The predicted molar refractivity (Wildman–Crippen MR) is 82.0 cm³/mol. The van der Waals surface area contributed by atoms with Crippen LogP contribution in [0.15, 0.2) is 10.7 Å². The third kappa shape index (κ3) is 3.96. The monoisotopic (exact) mass is 280 g/mol. The Bertz CT molecular complexity index is 393. The molecule has 1 aliphatic rings. The van der Waals surface area contributed by atoms with Crippen molar-refractivity contribution < 1.29 is 4.42 Å². The summed E-state index contributed by atoms with van der Waals surface area (Å²) in [6.07, 6.45) is 5.49. The number of aromatic nitrogens is 1. The summed E-state index contributed by atoms with van der Waals surface area (Å²) in [5, 5.41) is 3.34. The van der Waals surface area contributed by atoms with Gasteiger partial charge in [0.05, 0.1) is 5.69 Å². The van der Waals surface area contributed by atoms with Crippen LogP contribution in [0.25, 0.3) is 0 Å². The van der Waals surface area contributed by atoms with Crippen molar-refractivity contribution in [3.63, 3.8) is 0 Å². The Morgan fingerprint density at radius 1 is 1.50 bits per heavy atom. The maximum absolute atomic E-state index is 5.59. The molecule has 0 aromatic carbocycles. The number of nitrogens with zero attached hydrogens (tertiary/aromatic N) is 3. The molecule has 1 aromatic rings. The van der Waals surface area contributed by atoms with Gasteiger partial charge in [0.25, 0.3) is 6.01 Å².